The van der Waals surface area contributed by atoms with Crippen LogP contribution in [-0.4, -0.2) is 11.5 Å². The van der Waals surface area contributed by atoms with Crippen molar-refractivity contribution in [2.45, 2.75) is 32.6 Å². The van der Waals surface area contributed by atoms with E-state index in [4.69, 9.17) is 0 Å². The second-order valence-corrected chi connectivity index (χ2v) is 4.43. The highest BCUT2D eigenvalue weighted by molar-refractivity contribution is 5.47. The Labute approximate surface area is 91.6 Å². The summed E-state index contributed by atoms with van der Waals surface area (Å²) in [5, 5.41) is 0. The first-order chi connectivity index (χ1) is 7.18. The van der Waals surface area contributed by atoms with Gasteiger partial charge in [0.15, 0.2) is 0 Å². The molecule has 0 spiro atoms. The van der Waals surface area contributed by atoms with E-state index in [1.165, 1.54) is 17.7 Å². The molecule has 0 amide bonds. The Morgan fingerprint density at radius 2 is 2.20 bits per heavy atom. The fourth-order valence-corrected chi connectivity index (χ4v) is 1.91. The largest absolute Gasteiger partial charge is 0.331 e. The van der Waals surface area contributed by atoms with E-state index in [0.717, 1.165) is 18.8 Å². The van der Waals surface area contributed by atoms with Crippen molar-refractivity contribution in [3.05, 3.63) is 36.2 Å². The van der Waals surface area contributed by atoms with Crippen LogP contribution in [0.2, 0.25) is 0 Å². The standard InChI is InChI=1S/C13H18N2/c1-10(2)12-6-7-13(14-9-12)15-8-4-5-11(15)3/h6-7,9-10H,3-5,8H2,1-2H3. The minimum absolute atomic E-state index is 0.549. The molecule has 1 aromatic rings. The van der Waals surface area contributed by atoms with E-state index in [9.17, 15) is 0 Å². The van der Waals surface area contributed by atoms with Crippen LogP contribution in [0.3, 0.4) is 0 Å². The highest BCUT2D eigenvalue weighted by Crippen LogP contribution is 2.26. The van der Waals surface area contributed by atoms with Crippen LogP contribution in [-0.2, 0) is 0 Å². The van der Waals surface area contributed by atoms with Gasteiger partial charge in [0, 0.05) is 18.4 Å². The lowest BCUT2D eigenvalue weighted by molar-refractivity contribution is 0.854. The zero-order valence-electron chi connectivity index (χ0n) is 9.53. The number of anilines is 1. The third-order valence-electron chi connectivity index (χ3n) is 2.94. The Kier molecular flexibility index (Phi) is 2.76. The lowest BCUT2D eigenvalue weighted by Crippen LogP contribution is -2.16. The fraction of sp³-hybridized carbons (Fsp3) is 0.462. The first-order valence-corrected chi connectivity index (χ1v) is 5.60. The van der Waals surface area contributed by atoms with Crippen molar-refractivity contribution >= 4 is 5.82 Å². The number of rotatable bonds is 2. The van der Waals surface area contributed by atoms with Crippen LogP contribution in [0.1, 0.15) is 38.2 Å². The molecule has 2 rings (SSSR count). The summed E-state index contributed by atoms with van der Waals surface area (Å²) in [6.45, 7) is 9.49. The number of pyridine rings is 1. The third-order valence-corrected chi connectivity index (χ3v) is 2.94. The highest BCUT2D eigenvalue weighted by Gasteiger charge is 2.17. The molecule has 1 fully saturated rings. The van der Waals surface area contributed by atoms with Crippen molar-refractivity contribution in [1.82, 2.24) is 4.98 Å². The lowest BCUT2D eigenvalue weighted by atomic mass is 10.1. The minimum Gasteiger partial charge on any atom is -0.331 e. The Balaban J connectivity index is 2.19. The zero-order valence-corrected chi connectivity index (χ0v) is 9.53. The maximum atomic E-state index is 4.50. The number of hydrogen-bond donors (Lipinski definition) is 0. The van der Waals surface area contributed by atoms with Gasteiger partial charge in [-0.25, -0.2) is 4.98 Å². The van der Waals surface area contributed by atoms with Crippen LogP contribution in [0.25, 0.3) is 0 Å². The van der Waals surface area contributed by atoms with Gasteiger partial charge in [0.2, 0.25) is 0 Å². The molecule has 0 N–H and O–H groups in total. The summed E-state index contributed by atoms with van der Waals surface area (Å²) >= 11 is 0. The van der Waals surface area contributed by atoms with Gasteiger partial charge < -0.3 is 4.90 Å². The normalized spacial score (nSPS) is 16.5. The molecular formula is C13H18N2. The first kappa shape index (κ1) is 10.2. The van der Waals surface area contributed by atoms with Gasteiger partial charge in [-0.15, -0.1) is 0 Å². The summed E-state index contributed by atoms with van der Waals surface area (Å²) in [5.41, 5.74) is 2.49. The van der Waals surface area contributed by atoms with Crippen molar-refractivity contribution in [3.63, 3.8) is 0 Å². The van der Waals surface area contributed by atoms with E-state index in [1.807, 2.05) is 6.20 Å². The lowest BCUT2D eigenvalue weighted by Gasteiger charge is -2.18. The topological polar surface area (TPSA) is 16.1 Å². The second-order valence-electron chi connectivity index (χ2n) is 4.43. The molecule has 2 heteroatoms. The molecule has 2 nitrogen and oxygen atoms in total. The van der Waals surface area contributed by atoms with E-state index in [1.54, 1.807) is 0 Å². The predicted molar refractivity (Wildman–Crippen MR) is 64.0 cm³/mol. The summed E-state index contributed by atoms with van der Waals surface area (Å²) < 4.78 is 0. The molecule has 15 heavy (non-hydrogen) atoms. The molecule has 1 aliphatic heterocycles. The van der Waals surface area contributed by atoms with Crippen LogP contribution in [0.5, 0.6) is 0 Å². The van der Waals surface area contributed by atoms with Crippen LogP contribution in [0.15, 0.2) is 30.6 Å². The molecular weight excluding hydrogens is 184 g/mol. The van der Waals surface area contributed by atoms with Crippen LogP contribution < -0.4 is 4.90 Å². The molecule has 80 valence electrons. The Bertz CT molecular complexity index is 351. The SMILES string of the molecule is C=C1CCCN1c1ccc(C(C)C)cn1. The van der Waals surface area contributed by atoms with E-state index >= 15 is 0 Å². The summed E-state index contributed by atoms with van der Waals surface area (Å²) in [6, 6.07) is 4.27. The van der Waals surface area contributed by atoms with Gasteiger partial charge in [-0.05, 0) is 30.4 Å². The van der Waals surface area contributed by atoms with E-state index in [0.29, 0.717) is 5.92 Å². The summed E-state index contributed by atoms with van der Waals surface area (Å²) in [4.78, 5) is 6.71. The summed E-state index contributed by atoms with van der Waals surface area (Å²) in [5.74, 6) is 1.59. The van der Waals surface area contributed by atoms with E-state index in [-0.39, 0.29) is 0 Å². The molecule has 0 radical (unpaired) electrons. The quantitative estimate of drug-likeness (QED) is 0.731. The molecule has 0 bridgehead atoms. The predicted octanol–water partition coefficient (Wildman–Crippen LogP) is 3.32. The van der Waals surface area contributed by atoms with Gasteiger partial charge in [0.05, 0.1) is 0 Å². The molecule has 0 aromatic carbocycles. The van der Waals surface area contributed by atoms with Gasteiger partial charge in [0.1, 0.15) is 5.82 Å². The molecule has 0 atom stereocenters. The fourth-order valence-electron chi connectivity index (χ4n) is 1.91. The van der Waals surface area contributed by atoms with Crippen molar-refractivity contribution in [1.29, 1.82) is 0 Å². The Morgan fingerprint density at radius 3 is 2.67 bits per heavy atom. The Morgan fingerprint density at radius 1 is 1.40 bits per heavy atom. The zero-order chi connectivity index (χ0) is 10.8. The molecule has 0 saturated carbocycles. The van der Waals surface area contributed by atoms with Crippen molar-refractivity contribution in [2.24, 2.45) is 0 Å². The summed E-state index contributed by atoms with van der Waals surface area (Å²) in [6.07, 6.45) is 4.28. The van der Waals surface area contributed by atoms with E-state index in [2.05, 4.69) is 42.4 Å². The van der Waals surface area contributed by atoms with Gasteiger partial charge >= 0.3 is 0 Å². The van der Waals surface area contributed by atoms with Crippen LogP contribution in [0.4, 0.5) is 5.82 Å². The number of hydrogen-bond acceptors (Lipinski definition) is 2. The number of aromatic nitrogens is 1. The maximum absolute atomic E-state index is 4.50. The second kappa shape index (κ2) is 4.05. The molecule has 1 aliphatic rings. The Hall–Kier alpha value is -1.31. The first-order valence-electron chi connectivity index (χ1n) is 5.60. The van der Waals surface area contributed by atoms with Gasteiger partial charge in [-0.3, -0.25) is 0 Å². The number of nitrogens with zero attached hydrogens (tertiary/aromatic N) is 2. The van der Waals surface area contributed by atoms with Crippen molar-refractivity contribution in [2.75, 3.05) is 11.4 Å². The monoisotopic (exact) mass is 202 g/mol. The van der Waals surface area contributed by atoms with Crippen LogP contribution in [0, 0.1) is 0 Å². The maximum Gasteiger partial charge on any atom is 0.132 e. The molecule has 1 saturated heterocycles. The van der Waals surface area contributed by atoms with Crippen molar-refractivity contribution in [3.8, 4) is 0 Å². The minimum atomic E-state index is 0.549. The molecule has 0 aliphatic carbocycles. The average Bonchev–Trinajstić information content (AvgIpc) is 2.65. The molecule has 0 unspecified atom stereocenters. The van der Waals surface area contributed by atoms with Crippen LogP contribution >= 0.6 is 0 Å². The molecule has 2 heterocycles. The third kappa shape index (κ3) is 2.04. The number of allylic oxidation sites excluding steroid dienone is 1. The average molecular weight is 202 g/mol. The van der Waals surface area contributed by atoms with Gasteiger partial charge in [-0.2, -0.15) is 0 Å². The van der Waals surface area contributed by atoms with Crippen molar-refractivity contribution < 1.29 is 0 Å². The molecule has 1 aromatic heterocycles. The van der Waals surface area contributed by atoms with Gasteiger partial charge in [0.25, 0.3) is 0 Å². The highest BCUT2D eigenvalue weighted by atomic mass is 15.2. The smallest absolute Gasteiger partial charge is 0.132 e. The summed E-state index contributed by atoms with van der Waals surface area (Å²) in [7, 11) is 0. The van der Waals surface area contributed by atoms with Gasteiger partial charge in [-0.1, -0.05) is 26.5 Å². The van der Waals surface area contributed by atoms with E-state index < -0.39 is 0 Å².